The van der Waals surface area contributed by atoms with E-state index in [-0.39, 0.29) is 18.4 Å². The fraction of sp³-hybridized carbons (Fsp3) is 0.762. The third-order valence-corrected chi connectivity index (χ3v) is 6.78. The van der Waals surface area contributed by atoms with Crippen molar-refractivity contribution in [3.8, 4) is 0 Å². The molecule has 0 N–H and O–H groups in total. The van der Waals surface area contributed by atoms with Crippen molar-refractivity contribution in [3.05, 3.63) is 17.7 Å². The molecule has 1 aromatic rings. The van der Waals surface area contributed by atoms with E-state index in [1.54, 1.807) is 4.90 Å². The van der Waals surface area contributed by atoms with Crippen molar-refractivity contribution in [2.75, 3.05) is 26.2 Å². The molecular weight excluding hydrogens is 340 g/mol. The Bertz CT molecular complexity index is 686. The summed E-state index contributed by atoms with van der Waals surface area (Å²) in [5, 5.41) is 0. The van der Waals surface area contributed by atoms with Gasteiger partial charge in [-0.05, 0) is 51.4 Å². The van der Waals surface area contributed by atoms with Crippen molar-refractivity contribution in [2.45, 2.75) is 70.8 Å². The predicted octanol–water partition coefficient (Wildman–Crippen LogP) is 2.71. The number of carbonyl (C=O) groups excluding carboxylic acids is 2. The van der Waals surface area contributed by atoms with Gasteiger partial charge in [0.15, 0.2) is 0 Å². The molecule has 0 aromatic carbocycles. The van der Waals surface area contributed by atoms with E-state index in [1.807, 2.05) is 11.1 Å². The zero-order valence-electron chi connectivity index (χ0n) is 16.5. The van der Waals surface area contributed by atoms with E-state index < -0.39 is 0 Å². The molecular formula is C21H32N4O2. The minimum Gasteiger partial charge on any atom is -0.341 e. The van der Waals surface area contributed by atoms with Gasteiger partial charge in [-0.1, -0.05) is 6.42 Å². The molecule has 2 aliphatic heterocycles. The smallest absolute Gasteiger partial charge is 0.242 e. The molecule has 3 fully saturated rings. The van der Waals surface area contributed by atoms with Gasteiger partial charge in [-0.25, -0.2) is 4.98 Å². The number of imidazole rings is 1. The van der Waals surface area contributed by atoms with Gasteiger partial charge >= 0.3 is 0 Å². The number of aromatic nitrogens is 2. The molecule has 0 bridgehead atoms. The first-order valence-corrected chi connectivity index (χ1v) is 10.7. The van der Waals surface area contributed by atoms with Crippen molar-refractivity contribution in [1.82, 2.24) is 19.4 Å². The molecule has 2 saturated heterocycles. The number of rotatable bonds is 6. The molecule has 6 heteroatoms. The summed E-state index contributed by atoms with van der Waals surface area (Å²) in [7, 11) is 0. The summed E-state index contributed by atoms with van der Waals surface area (Å²) in [4.78, 5) is 32.5. The van der Waals surface area contributed by atoms with Crippen molar-refractivity contribution < 1.29 is 9.59 Å². The van der Waals surface area contributed by atoms with E-state index in [0.29, 0.717) is 18.3 Å². The highest BCUT2D eigenvalue weighted by Crippen LogP contribution is 2.36. The molecule has 3 heterocycles. The Morgan fingerprint density at radius 2 is 1.93 bits per heavy atom. The SMILES string of the molecule is Cc1cnc(C2CCC2)n1CCC1CCN(C(=O)CN2CCCC2=O)CC1. The van der Waals surface area contributed by atoms with Gasteiger partial charge in [-0.2, -0.15) is 0 Å². The van der Waals surface area contributed by atoms with Gasteiger partial charge in [0.1, 0.15) is 5.82 Å². The molecule has 1 saturated carbocycles. The number of hydrogen-bond donors (Lipinski definition) is 0. The molecule has 0 spiro atoms. The summed E-state index contributed by atoms with van der Waals surface area (Å²) in [6.45, 7) is 5.92. The fourth-order valence-corrected chi connectivity index (χ4v) is 4.68. The summed E-state index contributed by atoms with van der Waals surface area (Å²) in [5.41, 5.74) is 1.28. The lowest BCUT2D eigenvalue weighted by Crippen LogP contribution is -2.44. The van der Waals surface area contributed by atoms with Crippen molar-refractivity contribution in [2.24, 2.45) is 5.92 Å². The lowest BCUT2D eigenvalue weighted by Gasteiger charge is -2.33. The number of nitrogens with zero attached hydrogens (tertiary/aromatic N) is 4. The molecule has 0 radical (unpaired) electrons. The molecule has 3 aliphatic rings. The molecule has 6 nitrogen and oxygen atoms in total. The minimum absolute atomic E-state index is 0.126. The third kappa shape index (κ3) is 4.04. The van der Waals surface area contributed by atoms with Gasteiger partial charge in [-0.15, -0.1) is 0 Å². The second-order valence-corrected chi connectivity index (χ2v) is 8.57. The Balaban J connectivity index is 1.23. The van der Waals surface area contributed by atoms with Crippen molar-refractivity contribution in [1.29, 1.82) is 0 Å². The molecule has 27 heavy (non-hydrogen) atoms. The van der Waals surface area contributed by atoms with Crippen LogP contribution in [-0.4, -0.2) is 57.3 Å². The lowest BCUT2D eigenvalue weighted by molar-refractivity contribution is -0.139. The normalized spacial score (nSPS) is 21.7. The van der Waals surface area contributed by atoms with Gasteiger partial charge in [0.25, 0.3) is 0 Å². The average molecular weight is 373 g/mol. The Morgan fingerprint density at radius 3 is 2.56 bits per heavy atom. The first-order chi connectivity index (χ1) is 13.1. The van der Waals surface area contributed by atoms with Crippen LogP contribution in [0, 0.1) is 12.8 Å². The van der Waals surface area contributed by atoms with Crippen LogP contribution in [0.1, 0.15) is 68.8 Å². The van der Waals surface area contributed by atoms with Crippen LogP contribution in [0.5, 0.6) is 0 Å². The van der Waals surface area contributed by atoms with E-state index in [1.165, 1.54) is 37.2 Å². The summed E-state index contributed by atoms with van der Waals surface area (Å²) in [6, 6.07) is 0. The summed E-state index contributed by atoms with van der Waals surface area (Å²) in [6.07, 6.45) is 10.8. The molecule has 4 rings (SSSR count). The first-order valence-electron chi connectivity index (χ1n) is 10.7. The van der Waals surface area contributed by atoms with Crippen LogP contribution in [0.15, 0.2) is 6.20 Å². The first kappa shape index (κ1) is 18.5. The second kappa shape index (κ2) is 8.03. The number of piperidine rings is 1. The van der Waals surface area contributed by atoms with Gasteiger partial charge < -0.3 is 14.4 Å². The zero-order valence-corrected chi connectivity index (χ0v) is 16.5. The highest BCUT2D eigenvalue weighted by atomic mass is 16.2. The Labute approximate surface area is 161 Å². The standard InChI is InChI=1S/C21H32N4O2/c1-16-14-22-21(18-4-2-5-18)25(16)13-9-17-7-11-23(12-8-17)20(27)15-24-10-3-6-19(24)26/h14,17-18H,2-13,15H2,1H3. The maximum atomic E-state index is 12.5. The molecule has 2 amide bonds. The second-order valence-electron chi connectivity index (χ2n) is 8.57. The molecule has 0 unspecified atom stereocenters. The molecule has 0 atom stereocenters. The van der Waals surface area contributed by atoms with Crippen LogP contribution in [0.2, 0.25) is 0 Å². The van der Waals surface area contributed by atoms with Crippen LogP contribution in [-0.2, 0) is 16.1 Å². The summed E-state index contributed by atoms with van der Waals surface area (Å²) < 4.78 is 2.43. The fourth-order valence-electron chi connectivity index (χ4n) is 4.68. The van der Waals surface area contributed by atoms with Crippen LogP contribution in [0.4, 0.5) is 0 Å². The topological polar surface area (TPSA) is 58.4 Å². The van der Waals surface area contributed by atoms with Crippen LogP contribution >= 0.6 is 0 Å². The molecule has 1 aliphatic carbocycles. The van der Waals surface area contributed by atoms with Gasteiger partial charge in [-0.3, -0.25) is 9.59 Å². The maximum absolute atomic E-state index is 12.5. The summed E-state index contributed by atoms with van der Waals surface area (Å²) >= 11 is 0. The predicted molar refractivity (Wildman–Crippen MR) is 103 cm³/mol. The zero-order chi connectivity index (χ0) is 18.8. The Kier molecular flexibility index (Phi) is 5.50. The maximum Gasteiger partial charge on any atom is 0.242 e. The van der Waals surface area contributed by atoms with Crippen LogP contribution < -0.4 is 0 Å². The highest BCUT2D eigenvalue weighted by Gasteiger charge is 2.28. The van der Waals surface area contributed by atoms with Crippen molar-refractivity contribution in [3.63, 3.8) is 0 Å². The molecule has 148 valence electrons. The van der Waals surface area contributed by atoms with E-state index in [9.17, 15) is 9.59 Å². The number of amides is 2. The van der Waals surface area contributed by atoms with E-state index in [2.05, 4.69) is 16.5 Å². The lowest BCUT2D eigenvalue weighted by atomic mass is 9.84. The van der Waals surface area contributed by atoms with Crippen LogP contribution in [0.25, 0.3) is 0 Å². The number of hydrogen-bond acceptors (Lipinski definition) is 3. The quantitative estimate of drug-likeness (QED) is 0.771. The third-order valence-electron chi connectivity index (χ3n) is 6.78. The summed E-state index contributed by atoms with van der Waals surface area (Å²) in [5.74, 6) is 2.91. The monoisotopic (exact) mass is 372 g/mol. The van der Waals surface area contributed by atoms with Crippen LogP contribution in [0.3, 0.4) is 0 Å². The van der Waals surface area contributed by atoms with E-state index >= 15 is 0 Å². The number of likely N-dealkylation sites (tertiary alicyclic amines) is 2. The van der Waals surface area contributed by atoms with Gasteiger partial charge in [0.05, 0.1) is 6.54 Å². The van der Waals surface area contributed by atoms with Gasteiger partial charge in [0, 0.05) is 50.4 Å². The largest absolute Gasteiger partial charge is 0.341 e. The Hall–Kier alpha value is -1.85. The average Bonchev–Trinajstić information content (AvgIpc) is 3.18. The highest BCUT2D eigenvalue weighted by molar-refractivity contribution is 5.85. The van der Waals surface area contributed by atoms with Crippen molar-refractivity contribution >= 4 is 11.8 Å². The van der Waals surface area contributed by atoms with E-state index in [4.69, 9.17) is 0 Å². The number of aryl methyl sites for hydroxylation is 1. The minimum atomic E-state index is 0.126. The van der Waals surface area contributed by atoms with E-state index in [0.717, 1.165) is 45.4 Å². The Morgan fingerprint density at radius 1 is 1.15 bits per heavy atom. The van der Waals surface area contributed by atoms with Gasteiger partial charge in [0.2, 0.25) is 11.8 Å². The molecule has 1 aromatic heterocycles. The number of carbonyl (C=O) groups is 2.